The van der Waals surface area contributed by atoms with Crippen LogP contribution in [-0.4, -0.2) is 29.9 Å². The van der Waals surface area contributed by atoms with Crippen LogP contribution in [0.25, 0.3) is 0 Å². The van der Waals surface area contributed by atoms with E-state index in [-0.39, 0.29) is 5.91 Å². The van der Waals surface area contributed by atoms with Gasteiger partial charge in [-0.25, -0.2) is 0 Å². The fourth-order valence-electron chi connectivity index (χ4n) is 3.28. The van der Waals surface area contributed by atoms with Gasteiger partial charge in [0.1, 0.15) is 0 Å². The average Bonchev–Trinajstić information content (AvgIpc) is 2.59. The van der Waals surface area contributed by atoms with Crippen molar-refractivity contribution >= 4 is 11.6 Å². The molecule has 0 unspecified atom stereocenters. The lowest BCUT2D eigenvalue weighted by molar-refractivity contribution is 0.1000. The Bertz CT molecular complexity index is 691. The number of carbonyl (C=O) groups is 1. The van der Waals surface area contributed by atoms with Crippen LogP contribution in [0.15, 0.2) is 48.5 Å². The summed E-state index contributed by atoms with van der Waals surface area (Å²) in [5.41, 5.74) is 9.44. The normalized spacial score (nSPS) is 16.0. The number of nitrogens with zero attached hydrogens (tertiary/aromatic N) is 1. The summed E-state index contributed by atoms with van der Waals surface area (Å²) in [7, 11) is 0. The SMILES string of the molecule is Cc1cc(C(N)=O)ccc1NC1CCN(Cc2ccccc2)CC1. The molecule has 1 amide bonds. The first-order chi connectivity index (χ1) is 11.6. The van der Waals surface area contributed by atoms with Crippen molar-refractivity contribution in [2.75, 3.05) is 18.4 Å². The van der Waals surface area contributed by atoms with Crippen molar-refractivity contribution < 1.29 is 4.79 Å². The van der Waals surface area contributed by atoms with E-state index in [1.807, 2.05) is 19.1 Å². The molecular weight excluding hydrogens is 298 g/mol. The molecule has 0 aromatic heterocycles. The van der Waals surface area contributed by atoms with E-state index in [9.17, 15) is 4.79 Å². The van der Waals surface area contributed by atoms with Crippen LogP contribution in [0.3, 0.4) is 0 Å². The Kier molecular flexibility index (Phi) is 5.16. The third kappa shape index (κ3) is 4.15. The minimum absolute atomic E-state index is 0.376. The van der Waals surface area contributed by atoms with E-state index in [2.05, 4.69) is 40.5 Å². The second kappa shape index (κ2) is 7.49. The van der Waals surface area contributed by atoms with Crippen LogP contribution in [0.1, 0.15) is 34.3 Å². The van der Waals surface area contributed by atoms with Gasteiger partial charge >= 0.3 is 0 Å². The minimum Gasteiger partial charge on any atom is -0.382 e. The monoisotopic (exact) mass is 323 g/mol. The third-order valence-electron chi connectivity index (χ3n) is 4.71. The number of rotatable bonds is 5. The van der Waals surface area contributed by atoms with Crippen LogP contribution in [0.4, 0.5) is 5.69 Å². The number of benzene rings is 2. The molecule has 1 heterocycles. The van der Waals surface area contributed by atoms with Crippen molar-refractivity contribution in [2.24, 2.45) is 5.73 Å². The molecule has 0 aliphatic carbocycles. The summed E-state index contributed by atoms with van der Waals surface area (Å²) in [6.45, 7) is 5.25. The fraction of sp³-hybridized carbons (Fsp3) is 0.350. The maximum Gasteiger partial charge on any atom is 0.248 e. The molecule has 126 valence electrons. The van der Waals surface area contributed by atoms with Gasteiger partial charge in [0.2, 0.25) is 5.91 Å². The van der Waals surface area contributed by atoms with Gasteiger partial charge in [-0.1, -0.05) is 30.3 Å². The number of aryl methyl sites for hydroxylation is 1. The summed E-state index contributed by atoms with van der Waals surface area (Å²) in [5, 5.41) is 3.62. The predicted molar refractivity (Wildman–Crippen MR) is 98.1 cm³/mol. The highest BCUT2D eigenvalue weighted by Crippen LogP contribution is 2.22. The summed E-state index contributed by atoms with van der Waals surface area (Å²) in [6, 6.07) is 16.7. The smallest absolute Gasteiger partial charge is 0.248 e. The Hall–Kier alpha value is -2.33. The molecule has 1 aliphatic rings. The number of likely N-dealkylation sites (tertiary alicyclic amines) is 1. The predicted octanol–water partition coefficient (Wildman–Crippen LogP) is 3.17. The number of piperidine rings is 1. The highest BCUT2D eigenvalue weighted by molar-refractivity contribution is 5.93. The highest BCUT2D eigenvalue weighted by atomic mass is 16.1. The standard InChI is InChI=1S/C20H25N3O/c1-15-13-17(20(21)24)7-8-19(15)22-18-9-11-23(12-10-18)14-16-5-3-2-4-6-16/h2-8,13,18,22H,9-12,14H2,1H3,(H2,21,24). The van der Waals surface area contributed by atoms with Gasteiger partial charge in [0.05, 0.1) is 0 Å². The van der Waals surface area contributed by atoms with Gasteiger partial charge in [0, 0.05) is 36.9 Å². The molecule has 1 fully saturated rings. The largest absolute Gasteiger partial charge is 0.382 e. The zero-order chi connectivity index (χ0) is 16.9. The van der Waals surface area contributed by atoms with Gasteiger partial charge in [-0.15, -0.1) is 0 Å². The van der Waals surface area contributed by atoms with Gasteiger partial charge in [0.15, 0.2) is 0 Å². The van der Waals surface area contributed by atoms with Gasteiger partial charge in [-0.05, 0) is 49.1 Å². The van der Waals surface area contributed by atoms with Crippen molar-refractivity contribution in [3.05, 3.63) is 65.2 Å². The lowest BCUT2D eigenvalue weighted by Crippen LogP contribution is -2.38. The number of carbonyl (C=O) groups excluding carboxylic acids is 1. The van der Waals surface area contributed by atoms with E-state index < -0.39 is 0 Å². The summed E-state index contributed by atoms with van der Waals surface area (Å²) < 4.78 is 0. The van der Waals surface area contributed by atoms with E-state index in [1.165, 1.54) is 5.56 Å². The van der Waals surface area contributed by atoms with E-state index in [0.29, 0.717) is 11.6 Å². The van der Waals surface area contributed by atoms with Crippen molar-refractivity contribution in [3.63, 3.8) is 0 Å². The van der Waals surface area contributed by atoms with Crippen LogP contribution in [0.2, 0.25) is 0 Å². The molecule has 4 heteroatoms. The number of hydrogen-bond acceptors (Lipinski definition) is 3. The number of nitrogens with one attached hydrogen (secondary N) is 1. The summed E-state index contributed by atoms with van der Waals surface area (Å²) >= 11 is 0. The molecule has 2 aromatic rings. The quantitative estimate of drug-likeness (QED) is 0.888. The van der Waals surface area contributed by atoms with Crippen molar-refractivity contribution in [2.45, 2.75) is 32.4 Å². The second-order valence-corrected chi connectivity index (χ2v) is 6.57. The molecule has 2 aromatic carbocycles. The molecule has 3 rings (SSSR count). The van der Waals surface area contributed by atoms with E-state index >= 15 is 0 Å². The number of hydrogen-bond donors (Lipinski definition) is 2. The fourth-order valence-corrected chi connectivity index (χ4v) is 3.28. The molecule has 0 atom stereocenters. The Balaban J connectivity index is 1.53. The average molecular weight is 323 g/mol. The minimum atomic E-state index is -0.376. The number of anilines is 1. The summed E-state index contributed by atoms with van der Waals surface area (Å²) in [4.78, 5) is 13.7. The molecule has 0 bridgehead atoms. The maximum absolute atomic E-state index is 11.2. The zero-order valence-corrected chi connectivity index (χ0v) is 14.2. The first-order valence-electron chi connectivity index (χ1n) is 8.55. The summed E-state index contributed by atoms with van der Waals surface area (Å²) in [5.74, 6) is -0.376. The van der Waals surface area contributed by atoms with Crippen LogP contribution in [0, 0.1) is 6.92 Å². The van der Waals surface area contributed by atoms with Gasteiger partial charge in [-0.3, -0.25) is 9.69 Å². The van der Waals surface area contributed by atoms with E-state index in [4.69, 9.17) is 5.73 Å². The summed E-state index contributed by atoms with van der Waals surface area (Å²) in [6.07, 6.45) is 2.26. The van der Waals surface area contributed by atoms with Crippen LogP contribution in [-0.2, 0) is 6.54 Å². The highest BCUT2D eigenvalue weighted by Gasteiger charge is 2.19. The lowest BCUT2D eigenvalue weighted by atomic mass is 10.0. The Labute approximate surface area is 143 Å². The molecule has 1 aliphatic heterocycles. The Morgan fingerprint density at radius 2 is 1.88 bits per heavy atom. The molecule has 24 heavy (non-hydrogen) atoms. The van der Waals surface area contributed by atoms with Crippen molar-refractivity contribution in [1.82, 2.24) is 4.90 Å². The van der Waals surface area contributed by atoms with E-state index in [0.717, 1.165) is 43.7 Å². The maximum atomic E-state index is 11.2. The van der Waals surface area contributed by atoms with Crippen molar-refractivity contribution in [3.8, 4) is 0 Å². The molecule has 0 spiro atoms. The molecule has 0 radical (unpaired) electrons. The first-order valence-corrected chi connectivity index (χ1v) is 8.55. The zero-order valence-electron chi connectivity index (χ0n) is 14.2. The van der Waals surface area contributed by atoms with Crippen molar-refractivity contribution in [1.29, 1.82) is 0 Å². The number of primary amides is 1. The van der Waals surface area contributed by atoms with Crippen LogP contribution >= 0.6 is 0 Å². The molecular formula is C20H25N3O. The third-order valence-corrected chi connectivity index (χ3v) is 4.71. The van der Waals surface area contributed by atoms with Crippen LogP contribution < -0.4 is 11.1 Å². The number of amides is 1. The molecule has 0 saturated carbocycles. The van der Waals surface area contributed by atoms with Gasteiger partial charge in [0.25, 0.3) is 0 Å². The topological polar surface area (TPSA) is 58.4 Å². The van der Waals surface area contributed by atoms with E-state index in [1.54, 1.807) is 6.07 Å². The molecule has 1 saturated heterocycles. The second-order valence-electron chi connectivity index (χ2n) is 6.57. The lowest BCUT2D eigenvalue weighted by Gasteiger charge is -2.33. The van der Waals surface area contributed by atoms with Gasteiger partial charge < -0.3 is 11.1 Å². The Morgan fingerprint density at radius 1 is 1.17 bits per heavy atom. The van der Waals surface area contributed by atoms with Gasteiger partial charge in [-0.2, -0.15) is 0 Å². The first kappa shape index (κ1) is 16.5. The van der Waals surface area contributed by atoms with Crippen LogP contribution in [0.5, 0.6) is 0 Å². The molecule has 4 nitrogen and oxygen atoms in total. The molecule has 3 N–H and O–H groups in total. The Morgan fingerprint density at radius 3 is 2.50 bits per heavy atom. The number of nitrogens with two attached hydrogens (primary N) is 1.